The van der Waals surface area contributed by atoms with E-state index in [1.54, 1.807) is 18.2 Å². The summed E-state index contributed by atoms with van der Waals surface area (Å²) in [4.78, 5) is 19.4. The second-order valence-electron chi connectivity index (χ2n) is 5.78. The van der Waals surface area contributed by atoms with Crippen LogP contribution in [-0.4, -0.2) is 27.6 Å². The summed E-state index contributed by atoms with van der Waals surface area (Å²) >= 11 is 0. The van der Waals surface area contributed by atoms with Crippen LogP contribution in [0.25, 0.3) is 10.9 Å². The monoisotopic (exact) mass is 271 g/mol. The largest absolute Gasteiger partial charge is 0.478 e. The van der Waals surface area contributed by atoms with Crippen molar-refractivity contribution in [1.82, 2.24) is 9.97 Å². The molecular weight excluding hydrogens is 254 g/mol. The van der Waals surface area contributed by atoms with Crippen molar-refractivity contribution >= 4 is 22.7 Å². The van der Waals surface area contributed by atoms with Gasteiger partial charge in [0.15, 0.2) is 0 Å². The standard InChI is InChI=1S/C15H17N3O2/c1-15(5-2-6-15)8-16-13-11-4-3-10(14(19)20)7-12(11)17-9-18-13/h3-4,7,9H,2,5-6,8H2,1H3,(H,19,20)(H,16,17,18). The molecule has 1 aliphatic carbocycles. The molecule has 1 aromatic carbocycles. The first kappa shape index (κ1) is 12.8. The lowest BCUT2D eigenvalue weighted by molar-refractivity contribution is 0.0697. The fraction of sp³-hybridized carbons (Fsp3) is 0.400. The van der Waals surface area contributed by atoms with E-state index in [1.165, 1.54) is 25.6 Å². The summed E-state index contributed by atoms with van der Waals surface area (Å²) in [5.74, 6) is -0.165. The first-order valence-corrected chi connectivity index (χ1v) is 6.79. The van der Waals surface area contributed by atoms with Gasteiger partial charge in [-0.15, -0.1) is 0 Å². The molecule has 0 radical (unpaired) electrons. The number of carbonyl (C=O) groups is 1. The highest BCUT2D eigenvalue weighted by molar-refractivity contribution is 5.96. The Morgan fingerprint density at radius 1 is 1.40 bits per heavy atom. The van der Waals surface area contributed by atoms with E-state index in [0.29, 0.717) is 10.9 Å². The maximum absolute atomic E-state index is 11.0. The molecule has 1 saturated carbocycles. The van der Waals surface area contributed by atoms with Gasteiger partial charge in [0.05, 0.1) is 11.1 Å². The zero-order valence-electron chi connectivity index (χ0n) is 11.4. The molecule has 5 heteroatoms. The fourth-order valence-electron chi connectivity index (χ4n) is 2.59. The number of carboxylic acid groups (broad SMARTS) is 1. The minimum absolute atomic E-state index is 0.244. The van der Waals surface area contributed by atoms with Gasteiger partial charge in [-0.05, 0) is 36.5 Å². The van der Waals surface area contributed by atoms with Crippen molar-refractivity contribution in [3.8, 4) is 0 Å². The number of benzene rings is 1. The Hall–Kier alpha value is -2.17. The SMILES string of the molecule is CC1(CNc2ncnc3cc(C(=O)O)ccc23)CCC1. The van der Waals surface area contributed by atoms with Gasteiger partial charge in [-0.1, -0.05) is 13.3 Å². The van der Waals surface area contributed by atoms with E-state index in [9.17, 15) is 4.79 Å². The summed E-state index contributed by atoms with van der Waals surface area (Å²) in [5.41, 5.74) is 1.26. The van der Waals surface area contributed by atoms with Gasteiger partial charge in [0, 0.05) is 11.9 Å². The minimum Gasteiger partial charge on any atom is -0.478 e. The summed E-state index contributed by atoms with van der Waals surface area (Å²) in [7, 11) is 0. The molecule has 5 nitrogen and oxygen atoms in total. The average Bonchev–Trinajstić information content (AvgIpc) is 2.42. The molecule has 0 spiro atoms. The third-order valence-electron chi connectivity index (χ3n) is 4.13. The van der Waals surface area contributed by atoms with Crippen LogP contribution in [0, 0.1) is 5.41 Å². The van der Waals surface area contributed by atoms with Gasteiger partial charge in [0.2, 0.25) is 0 Å². The molecule has 0 amide bonds. The van der Waals surface area contributed by atoms with Crippen LogP contribution >= 0.6 is 0 Å². The first-order chi connectivity index (χ1) is 9.57. The number of rotatable bonds is 4. The van der Waals surface area contributed by atoms with Gasteiger partial charge in [0.25, 0.3) is 0 Å². The summed E-state index contributed by atoms with van der Waals surface area (Å²) in [5, 5.41) is 13.2. The highest BCUT2D eigenvalue weighted by Crippen LogP contribution is 2.40. The van der Waals surface area contributed by atoms with Crippen molar-refractivity contribution in [2.75, 3.05) is 11.9 Å². The highest BCUT2D eigenvalue weighted by Gasteiger charge is 2.31. The lowest BCUT2D eigenvalue weighted by atomic mass is 9.70. The Morgan fingerprint density at radius 3 is 2.85 bits per heavy atom. The van der Waals surface area contributed by atoms with E-state index < -0.39 is 5.97 Å². The van der Waals surface area contributed by atoms with E-state index in [1.807, 2.05) is 0 Å². The van der Waals surface area contributed by atoms with Crippen molar-refractivity contribution in [2.24, 2.45) is 5.41 Å². The first-order valence-electron chi connectivity index (χ1n) is 6.79. The lowest BCUT2D eigenvalue weighted by Crippen LogP contribution is -2.33. The minimum atomic E-state index is -0.943. The summed E-state index contributed by atoms with van der Waals surface area (Å²) in [6, 6.07) is 4.93. The molecule has 2 aromatic rings. The Morgan fingerprint density at radius 2 is 2.20 bits per heavy atom. The third kappa shape index (κ3) is 2.31. The van der Waals surface area contributed by atoms with E-state index in [4.69, 9.17) is 5.11 Å². The second kappa shape index (κ2) is 4.74. The molecule has 1 aliphatic rings. The molecule has 0 saturated heterocycles. The number of fused-ring (bicyclic) bond motifs is 1. The van der Waals surface area contributed by atoms with Crippen molar-refractivity contribution in [3.05, 3.63) is 30.1 Å². The van der Waals surface area contributed by atoms with Crippen LogP contribution in [0.15, 0.2) is 24.5 Å². The van der Waals surface area contributed by atoms with E-state index in [2.05, 4.69) is 22.2 Å². The Labute approximate surface area is 117 Å². The molecular formula is C15H17N3O2. The molecule has 1 fully saturated rings. The number of hydrogen-bond donors (Lipinski definition) is 2. The predicted octanol–water partition coefficient (Wildman–Crippen LogP) is 2.93. The smallest absolute Gasteiger partial charge is 0.335 e. The molecule has 20 heavy (non-hydrogen) atoms. The molecule has 0 bridgehead atoms. The summed E-state index contributed by atoms with van der Waals surface area (Å²) < 4.78 is 0. The quantitative estimate of drug-likeness (QED) is 0.894. The molecule has 104 valence electrons. The molecule has 0 unspecified atom stereocenters. The Bertz CT molecular complexity index is 665. The van der Waals surface area contributed by atoms with Crippen LogP contribution < -0.4 is 5.32 Å². The number of nitrogens with zero attached hydrogens (tertiary/aromatic N) is 2. The summed E-state index contributed by atoms with van der Waals surface area (Å²) in [6.07, 6.45) is 5.25. The molecule has 0 aliphatic heterocycles. The average molecular weight is 271 g/mol. The predicted molar refractivity (Wildman–Crippen MR) is 76.9 cm³/mol. The number of anilines is 1. The van der Waals surface area contributed by atoms with Crippen molar-refractivity contribution in [3.63, 3.8) is 0 Å². The number of hydrogen-bond acceptors (Lipinski definition) is 4. The lowest BCUT2D eigenvalue weighted by Gasteiger charge is -2.38. The Balaban J connectivity index is 1.89. The molecule has 2 N–H and O–H groups in total. The maximum atomic E-state index is 11.0. The van der Waals surface area contributed by atoms with Gasteiger partial charge < -0.3 is 10.4 Å². The van der Waals surface area contributed by atoms with Crippen LogP contribution in [0.4, 0.5) is 5.82 Å². The van der Waals surface area contributed by atoms with Crippen LogP contribution in [0.5, 0.6) is 0 Å². The number of aromatic nitrogens is 2. The third-order valence-corrected chi connectivity index (χ3v) is 4.13. The van der Waals surface area contributed by atoms with E-state index >= 15 is 0 Å². The topological polar surface area (TPSA) is 75.1 Å². The highest BCUT2D eigenvalue weighted by atomic mass is 16.4. The second-order valence-corrected chi connectivity index (χ2v) is 5.78. The van der Waals surface area contributed by atoms with Gasteiger partial charge in [0.1, 0.15) is 12.1 Å². The number of nitrogens with one attached hydrogen (secondary N) is 1. The van der Waals surface area contributed by atoms with Crippen LogP contribution in [0.1, 0.15) is 36.5 Å². The molecule has 3 rings (SSSR count). The van der Waals surface area contributed by atoms with E-state index in [0.717, 1.165) is 17.7 Å². The van der Waals surface area contributed by atoms with Crippen molar-refractivity contribution in [2.45, 2.75) is 26.2 Å². The van der Waals surface area contributed by atoms with Crippen LogP contribution in [0.3, 0.4) is 0 Å². The number of carboxylic acids is 1. The van der Waals surface area contributed by atoms with Crippen LogP contribution in [-0.2, 0) is 0 Å². The maximum Gasteiger partial charge on any atom is 0.335 e. The molecule has 0 atom stereocenters. The normalized spacial score (nSPS) is 16.6. The van der Waals surface area contributed by atoms with Gasteiger partial charge in [-0.3, -0.25) is 0 Å². The van der Waals surface area contributed by atoms with Gasteiger partial charge >= 0.3 is 5.97 Å². The van der Waals surface area contributed by atoms with Crippen molar-refractivity contribution in [1.29, 1.82) is 0 Å². The fourth-order valence-corrected chi connectivity index (χ4v) is 2.59. The van der Waals surface area contributed by atoms with Gasteiger partial charge in [-0.25, -0.2) is 14.8 Å². The summed E-state index contributed by atoms with van der Waals surface area (Å²) in [6.45, 7) is 3.16. The van der Waals surface area contributed by atoms with Crippen molar-refractivity contribution < 1.29 is 9.90 Å². The van der Waals surface area contributed by atoms with Gasteiger partial charge in [-0.2, -0.15) is 0 Å². The zero-order chi connectivity index (χ0) is 14.2. The zero-order valence-corrected chi connectivity index (χ0v) is 11.4. The van der Waals surface area contributed by atoms with E-state index in [-0.39, 0.29) is 5.56 Å². The molecule has 1 heterocycles. The molecule has 1 aromatic heterocycles. The number of aromatic carboxylic acids is 1. The Kier molecular flexibility index (Phi) is 3.04. The van der Waals surface area contributed by atoms with Crippen LogP contribution in [0.2, 0.25) is 0 Å².